The number of nitrogens with one attached hydrogen (secondary N) is 1. The normalized spacial score (nSPS) is 20.2. The van der Waals surface area contributed by atoms with Crippen molar-refractivity contribution >= 4 is 0 Å². The second kappa shape index (κ2) is 5.60. The number of hydrogen-bond acceptors (Lipinski definition) is 4. The molecule has 1 heterocycles. The number of nitrogens with zero attached hydrogens (tertiary/aromatic N) is 2. The van der Waals surface area contributed by atoms with Crippen LogP contribution in [0.3, 0.4) is 0 Å². The first-order chi connectivity index (χ1) is 10.1. The molecular formula is C17H23N3O. The van der Waals surface area contributed by atoms with Crippen LogP contribution in [0.25, 0.3) is 0 Å². The van der Waals surface area contributed by atoms with Gasteiger partial charge in [-0.3, -0.25) is 0 Å². The lowest BCUT2D eigenvalue weighted by Crippen LogP contribution is -2.39. The van der Waals surface area contributed by atoms with Crippen LogP contribution in [-0.4, -0.2) is 16.7 Å². The van der Waals surface area contributed by atoms with Crippen molar-refractivity contribution in [2.75, 3.05) is 6.54 Å². The molecule has 0 saturated carbocycles. The maximum Gasteiger partial charge on any atom is 0.223 e. The Kier molecular flexibility index (Phi) is 3.81. The summed E-state index contributed by atoms with van der Waals surface area (Å²) in [6, 6.07) is 9.16. The standard InChI is InChI=1S/C17H23N3O/c1-12-19-15(20-21-12)9-11-18-16-14-7-5-4-6-13(14)8-10-17(16,2)3/h4-7,16,18H,8-11H2,1-3H3. The molecule has 1 aromatic carbocycles. The van der Waals surface area contributed by atoms with E-state index in [-0.39, 0.29) is 5.41 Å². The van der Waals surface area contributed by atoms with E-state index in [1.54, 1.807) is 0 Å². The first-order valence-electron chi connectivity index (χ1n) is 7.67. The maximum atomic E-state index is 5.02. The number of benzene rings is 1. The number of aromatic nitrogens is 2. The molecule has 1 aliphatic carbocycles. The number of aryl methyl sites for hydroxylation is 2. The average molecular weight is 285 g/mol. The summed E-state index contributed by atoms with van der Waals surface area (Å²) in [6.45, 7) is 7.38. The van der Waals surface area contributed by atoms with Gasteiger partial charge < -0.3 is 9.84 Å². The molecular weight excluding hydrogens is 262 g/mol. The van der Waals surface area contributed by atoms with Crippen molar-refractivity contribution in [2.45, 2.75) is 46.1 Å². The molecule has 21 heavy (non-hydrogen) atoms. The number of rotatable bonds is 4. The Labute approximate surface area is 126 Å². The molecule has 0 bridgehead atoms. The van der Waals surface area contributed by atoms with E-state index in [0.29, 0.717) is 11.9 Å². The second-order valence-corrected chi connectivity index (χ2v) is 6.55. The van der Waals surface area contributed by atoms with Crippen LogP contribution in [0.15, 0.2) is 28.8 Å². The maximum absolute atomic E-state index is 5.02. The van der Waals surface area contributed by atoms with Crippen molar-refractivity contribution in [3.8, 4) is 0 Å². The third-order valence-electron chi connectivity index (χ3n) is 4.45. The van der Waals surface area contributed by atoms with Crippen molar-refractivity contribution in [1.82, 2.24) is 15.5 Å². The van der Waals surface area contributed by atoms with E-state index in [1.807, 2.05) is 6.92 Å². The molecule has 112 valence electrons. The predicted molar refractivity (Wildman–Crippen MR) is 82.0 cm³/mol. The van der Waals surface area contributed by atoms with E-state index in [9.17, 15) is 0 Å². The van der Waals surface area contributed by atoms with Gasteiger partial charge in [0, 0.05) is 25.9 Å². The second-order valence-electron chi connectivity index (χ2n) is 6.55. The zero-order chi connectivity index (χ0) is 14.9. The quantitative estimate of drug-likeness (QED) is 0.937. The Morgan fingerprint density at radius 2 is 2.14 bits per heavy atom. The van der Waals surface area contributed by atoms with Gasteiger partial charge in [-0.15, -0.1) is 0 Å². The van der Waals surface area contributed by atoms with Gasteiger partial charge in [-0.2, -0.15) is 4.98 Å². The predicted octanol–water partition coefficient (Wildman–Crippen LogP) is 3.22. The highest BCUT2D eigenvalue weighted by molar-refractivity contribution is 5.34. The van der Waals surface area contributed by atoms with Crippen LogP contribution in [0.1, 0.15) is 49.2 Å². The van der Waals surface area contributed by atoms with Crippen LogP contribution < -0.4 is 5.32 Å². The van der Waals surface area contributed by atoms with Crippen LogP contribution in [0.4, 0.5) is 0 Å². The van der Waals surface area contributed by atoms with Gasteiger partial charge in [0.25, 0.3) is 0 Å². The minimum atomic E-state index is 0.265. The zero-order valence-electron chi connectivity index (χ0n) is 13.0. The molecule has 0 saturated heterocycles. The summed E-state index contributed by atoms with van der Waals surface area (Å²) >= 11 is 0. The highest BCUT2D eigenvalue weighted by atomic mass is 16.5. The minimum Gasteiger partial charge on any atom is -0.340 e. The van der Waals surface area contributed by atoms with Crippen LogP contribution in [0.2, 0.25) is 0 Å². The lowest BCUT2D eigenvalue weighted by atomic mass is 9.70. The van der Waals surface area contributed by atoms with Gasteiger partial charge in [0.15, 0.2) is 5.82 Å². The zero-order valence-corrected chi connectivity index (χ0v) is 13.0. The molecule has 3 rings (SSSR count). The van der Waals surface area contributed by atoms with E-state index < -0.39 is 0 Å². The molecule has 1 aliphatic rings. The fraction of sp³-hybridized carbons (Fsp3) is 0.529. The number of hydrogen-bond donors (Lipinski definition) is 1. The van der Waals surface area contributed by atoms with E-state index in [2.05, 4.69) is 53.6 Å². The highest BCUT2D eigenvalue weighted by Crippen LogP contribution is 2.43. The lowest BCUT2D eigenvalue weighted by Gasteiger charge is -2.40. The summed E-state index contributed by atoms with van der Waals surface area (Å²) in [5.74, 6) is 1.41. The average Bonchev–Trinajstić information content (AvgIpc) is 2.87. The molecule has 1 N–H and O–H groups in total. The first-order valence-corrected chi connectivity index (χ1v) is 7.67. The molecule has 0 radical (unpaired) electrons. The van der Waals surface area contributed by atoms with E-state index in [0.717, 1.165) is 18.8 Å². The van der Waals surface area contributed by atoms with Gasteiger partial charge in [-0.25, -0.2) is 0 Å². The summed E-state index contributed by atoms with van der Waals surface area (Å²) in [4.78, 5) is 4.26. The Balaban J connectivity index is 1.70. The SMILES string of the molecule is Cc1nc(CCNC2c3ccccc3CCC2(C)C)no1. The Hall–Kier alpha value is -1.68. The van der Waals surface area contributed by atoms with Crippen LogP contribution in [-0.2, 0) is 12.8 Å². The third-order valence-corrected chi connectivity index (χ3v) is 4.45. The fourth-order valence-corrected chi connectivity index (χ4v) is 3.22. The lowest BCUT2D eigenvalue weighted by molar-refractivity contribution is 0.210. The summed E-state index contributed by atoms with van der Waals surface area (Å²) in [7, 11) is 0. The van der Waals surface area contributed by atoms with Gasteiger partial charge in [-0.05, 0) is 29.4 Å². The Bertz CT molecular complexity index is 618. The summed E-state index contributed by atoms with van der Waals surface area (Å²) < 4.78 is 5.02. The van der Waals surface area contributed by atoms with Crippen molar-refractivity contribution in [3.63, 3.8) is 0 Å². The van der Waals surface area contributed by atoms with Crippen molar-refractivity contribution in [2.24, 2.45) is 5.41 Å². The molecule has 1 unspecified atom stereocenters. The molecule has 0 aliphatic heterocycles. The van der Waals surface area contributed by atoms with Crippen LogP contribution in [0, 0.1) is 12.3 Å². The fourth-order valence-electron chi connectivity index (χ4n) is 3.22. The minimum absolute atomic E-state index is 0.265. The first kappa shape index (κ1) is 14.3. The smallest absolute Gasteiger partial charge is 0.223 e. The Morgan fingerprint density at radius 3 is 2.90 bits per heavy atom. The van der Waals surface area contributed by atoms with E-state index >= 15 is 0 Å². The molecule has 4 nitrogen and oxygen atoms in total. The van der Waals surface area contributed by atoms with Gasteiger partial charge in [0.1, 0.15) is 0 Å². The largest absolute Gasteiger partial charge is 0.340 e. The van der Waals surface area contributed by atoms with Crippen molar-refractivity contribution < 1.29 is 4.52 Å². The summed E-state index contributed by atoms with van der Waals surface area (Å²) in [5.41, 5.74) is 3.18. The van der Waals surface area contributed by atoms with Gasteiger partial charge >= 0.3 is 0 Å². The topological polar surface area (TPSA) is 51.0 Å². The van der Waals surface area contributed by atoms with Gasteiger partial charge in [0.2, 0.25) is 5.89 Å². The van der Waals surface area contributed by atoms with Crippen LogP contribution in [0.5, 0.6) is 0 Å². The van der Waals surface area contributed by atoms with Gasteiger partial charge in [-0.1, -0.05) is 43.3 Å². The third kappa shape index (κ3) is 3.00. The molecule has 0 fully saturated rings. The number of fused-ring (bicyclic) bond motifs is 1. The molecule has 1 aromatic heterocycles. The van der Waals surface area contributed by atoms with Gasteiger partial charge in [0.05, 0.1) is 0 Å². The molecule has 4 heteroatoms. The van der Waals surface area contributed by atoms with Crippen molar-refractivity contribution in [1.29, 1.82) is 0 Å². The monoisotopic (exact) mass is 285 g/mol. The van der Waals surface area contributed by atoms with Crippen molar-refractivity contribution in [3.05, 3.63) is 47.1 Å². The molecule has 0 spiro atoms. The van der Waals surface area contributed by atoms with E-state index in [4.69, 9.17) is 4.52 Å². The molecule has 0 amide bonds. The molecule has 2 aromatic rings. The summed E-state index contributed by atoms with van der Waals surface area (Å²) in [5, 5.41) is 7.66. The molecule has 1 atom stereocenters. The summed E-state index contributed by atoms with van der Waals surface area (Å²) in [6.07, 6.45) is 3.18. The Morgan fingerprint density at radius 1 is 1.33 bits per heavy atom. The highest BCUT2D eigenvalue weighted by Gasteiger charge is 2.35. The van der Waals surface area contributed by atoms with Crippen LogP contribution >= 0.6 is 0 Å². The van der Waals surface area contributed by atoms with E-state index in [1.165, 1.54) is 24.0 Å².